The predicted molar refractivity (Wildman–Crippen MR) is 70.1 cm³/mol. The minimum Gasteiger partial charge on any atom is -0.481 e. The number of carbonyl (C=O) groups is 2. The normalized spacial score (nSPS) is 22.1. The Balaban J connectivity index is 1.95. The van der Waals surface area contributed by atoms with E-state index in [1.165, 1.54) is 0 Å². The van der Waals surface area contributed by atoms with Gasteiger partial charge in [0.25, 0.3) is 0 Å². The number of aromatic nitrogens is 1. The zero-order valence-corrected chi connectivity index (χ0v) is 11.8. The minimum atomic E-state index is -0.849. The molecule has 1 aliphatic rings. The molecule has 0 aromatic carbocycles. The second-order valence-electron chi connectivity index (χ2n) is 5.13. The number of urea groups is 1. The number of rotatable bonds is 3. The van der Waals surface area contributed by atoms with Crippen LogP contribution < -0.4 is 5.32 Å². The lowest BCUT2D eigenvalue weighted by atomic mass is 10.0. The summed E-state index contributed by atoms with van der Waals surface area (Å²) in [7, 11) is 0. The first-order chi connectivity index (χ1) is 9.41. The van der Waals surface area contributed by atoms with E-state index in [0.717, 1.165) is 11.3 Å². The van der Waals surface area contributed by atoms with E-state index in [1.54, 1.807) is 18.7 Å². The van der Waals surface area contributed by atoms with E-state index in [1.807, 2.05) is 6.92 Å². The summed E-state index contributed by atoms with van der Waals surface area (Å²) < 4.78 is 5.03. The van der Waals surface area contributed by atoms with E-state index < -0.39 is 11.9 Å². The van der Waals surface area contributed by atoms with Gasteiger partial charge in [0.05, 0.1) is 11.6 Å². The van der Waals surface area contributed by atoms with Gasteiger partial charge in [0.1, 0.15) is 5.76 Å². The number of aliphatic carboxylic acids is 1. The first kappa shape index (κ1) is 14.4. The van der Waals surface area contributed by atoms with Gasteiger partial charge in [0, 0.05) is 24.7 Å². The number of likely N-dealkylation sites (tertiary alicyclic amines) is 1. The largest absolute Gasteiger partial charge is 0.481 e. The van der Waals surface area contributed by atoms with Crippen LogP contribution >= 0.6 is 0 Å². The van der Waals surface area contributed by atoms with Gasteiger partial charge in [0.2, 0.25) is 0 Å². The molecule has 1 fully saturated rings. The molecule has 2 rings (SSSR count). The fraction of sp³-hybridized carbons (Fsp3) is 0.615. The highest BCUT2D eigenvalue weighted by Gasteiger charge is 2.38. The highest BCUT2D eigenvalue weighted by Crippen LogP contribution is 2.24. The third-order valence-corrected chi connectivity index (χ3v) is 3.93. The van der Waals surface area contributed by atoms with Crippen LogP contribution in [-0.2, 0) is 11.3 Å². The Hall–Kier alpha value is -2.05. The summed E-state index contributed by atoms with van der Waals surface area (Å²) in [5.74, 6) is -0.654. The molecule has 1 aromatic heterocycles. The average Bonchev–Trinajstić information content (AvgIpc) is 2.91. The quantitative estimate of drug-likeness (QED) is 0.870. The monoisotopic (exact) mass is 281 g/mol. The van der Waals surface area contributed by atoms with Crippen molar-refractivity contribution in [2.45, 2.75) is 39.8 Å². The maximum Gasteiger partial charge on any atom is 0.317 e. The van der Waals surface area contributed by atoms with Crippen LogP contribution in [-0.4, -0.2) is 39.8 Å². The molecule has 1 aliphatic heterocycles. The molecule has 0 radical (unpaired) electrons. The van der Waals surface area contributed by atoms with Crippen molar-refractivity contribution in [1.82, 2.24) is 15.4 Å². The Morgan fingerprint density at radius 1 is 1.50 bits per heavy atom. The van der Waals surface area contributed by atoms with E-state index in [-0.39, 0.29) is 12.1 Å². The Bertz CT molecular complexity index is 506. The maximum atomic E-state index is 12.1. The summed E-state index contributed by atoms with van der Waals surface area (Å²) in [5, 5.41) is 15.7. The van der Waals surface area contributed by atoms with Gasteiger partial charge in [-0.25, -0.2) is 4.79 Å². The molecule has 20 heavy (non-hydrogen) atoms. The number of carbonyl (C=O) groups excluding carboxylic acids is 1. The number of hydrogen-bond donors (Lipinski definition) is 2. The van der Waals surface area contributed by atoms with Crippen LogP contribution in [0.1, 0.15) is 30.4 Å². The SMILES string of the molecule is Cc1noc(C)c1CNC(=O)N1CCC(C(=O)O)C1C. The molecule has 0 saturated carbocycles. The van der Waals surface area contributed by atoms with E-state index in [0.29, 0.717) is 25.3 Å². The minimum absolute atomic E-state index is 0.249. The number of carboxylic acids is 1. The smallest absolute Gasteiger partial charge is 0.317 e. The number of nitrogens with one attached hydrogen (secondary N) is 1. The van der Waals surface area contributed by atoms with Gasteiger partial charge in [-0.1, -0.05) is 5.16 Å². The summed E-state index contributed by atoms with van der Waals surface area (Å²) in [6.07, 6.45) is 0.495. The van der Waals surface area contributed by atoms with Crippen LogP contribution in [0, 0.1) is 19.8 Å². The lowest BCUT2D eigenvalue weighted by Crippen LogP contribution is -2.43. The molecule has 0 bridgehead atoms. The molecule has 1 saturated heterocycles. The fourth-order valence-electron chi connectivity index (χ4n) is 2.58. The van der Waals surface area contributed by atoms with Crippen molar-refractivity contribution in [2.24, 2.45) is 5.92 Å². The van der Waals surface area contributed by atoms with Crippen LogP contribution in [0.15, 0.2) is 4.52 Å². The van der Waals surface area contributed by atoms with Gasteiger partial charge in [-0.05, 0) is 27.2 Å². The standard InChI is InChI=1S/C13H19N3O4/c1-7-11(9(3)20-15-7)6-14-13(19)16-5-4-10(8(16)2)12(17)18/h8,10H,4-6H2,1-3H3,(H,14,19)(H,17,18). The summed E-state index contributed by atoms with van der Waals surface area (Å²) in [6.45, 7) is 6.17. The third kappa shape index (κ3) is 2.61. The Kier molecular flexibility index (Phi) is 3.96. The summed E-state index contributed by atoms with van der Waals surface area (Å²) in [6, 6.07) is -0.543. The lowest BCUT2D eigenvalue weighted by Gasteiger charge is -2.23. The van der Waals surface area contributed by atoms with E-state index >= 15 is 0 Å². The topological polar surface area (TPSA) is 95.7 Å². The van der Waals surface area contributed by atoms with Crippen molar-refractivity contribution in [2.75, 3.05) is 6.54 Å². The van der Waals surface area contributed by atoms with Gasteiger partial charge in [0.15, 0.2) is 0 Å². The number of aryl methyl sites for hydroxylation is 2. The van der Waals surface area contributed by atoms with Crippen molar-refractivity contribution < 1.29 is 19.2 Å². The maximum absolute atomic E-state index is 12.1. The second-order valence-corrected chi connectivity index (χ2v) is 5.13. The Morgan fingerprint density at radius 2 is 2.20 bits per heavy atom. The first-order valence-corrected chi connectivity index (χ1v) is 6.60. The molecular formula is C13H19N3O4. The van der Waals surface area contributed by atoms with Crippen molar-refractivity contribution in [3.63, 3.8) is 0 Å². The molecule has 2 atom stereocenters. The average molecular weight is 281 g/mol. The van der Waals surface area contributed by atoms with Crippen molar-refractivity contribution >= 4 is 12.0 Å². The van der Waals surface area contributed by atoms with E-state index in [9.17, 15) is 9.59 Å². The molecule has 2 amide bonds. The Labute approximate surface area is 116 Å². The molecular weight excluding hydrogens is 262 g/mol. The highest BCUT2D eigenvalue weighted by atomic mass is 16.5. The van der Waals surface area contributed by atoms with Gasteiger partial charge in [-0.3, -0.25) is 4.79 Å². The lowest BCUT2D eigenvalue weighted by molar-refractivity contribution is -0.142. The number of hydrogen-bond acceptors (Lipinski definition) is 4. The molecule has 7 heteroatoms. The summed E-state index contributed by atoms with van der Waals surface area (Å²) in [5.41, 5.74) is 1.61. The number of nitrogens with zero attached hydrogens (tertiary/aromatic N) is 2. The number of carboxylic acid groups (broad SMARTS) is 1. The molecule has 0 spiro atoms. The fourth-order valence-corrected chi connectivity index (χ4v) is 2.58. The zero-order chi connectivity index (χ0) is 14.9. The molecule has 2 unspecified atom stereocenters. The van der Waals surface area contributed by atoms with Gasteiger partial charge in [-0.2, -0.15) is 0 Å². The van der Waals surface area contributed by atoms with Crippen LogP contribution in [0.5, 0.6) is 0 Å². The van der Waals surface area contributed by atoms with Gasteiger partial charge >= 0.3 is 12.0 Å². The molecule has 1 aromatic rings. The molecule has 110 valence electrons. The van der Waals surface area contributed by atoms with Gasteiger partial charge < -0.3 is 19.8 Å². The van der Waals surface area contributed by atoms with Crippen molar-refractivity contribution in [3.8, 4) is 0 Å². The molecule has 2 heterocycles. The van der Waals surface area contributed by atoms with Gasteiger partial charge in [-0.15, -0.1) is 0 Å². The highest BCUT2D eigenvalue weighted by molar-refractivity contribution is 5.78. The molecule has 2 N–H and O–H groups in total. The van der Waals surface area contributed by atoms with Crippen LogP contribution in [0.3, 0.4) is 0 Å². The van der Waals surface area contributed by atoms with Crippen LogP contribution in [0.4, 0.5) is 4.79 Å². The first-order valence-electron chi connectivity index (χ1n) is 6.60. The summed E-state index contributed by atoms with van der Waals surface area (Å²) >= 11 is 0. The third-order valence-electron chi connectivity index (χ3n) is 3.93. The number of amides is 2. The van der Waals surface area contributed by atoms with Crippen molar-refractivity contribution in [1.29, 1.82) is 0 Å². The summed E-state index contributed by atoms with van der Waals surface area (Å²) in [4.78, 5) is 24.7. The Morgan fingerprint density at radius 3 is 2.70 bits per heavy atom. The van der Waals surface area contributed by atoms with Crippen molar-refractivity contribution in [3.05, 3.63) is 17.0 Å². The molecule has 7 nitrogen and oxygen atoms in total. The zero-order valence-electron chi connectivity index (χ0n) is 11.8. The van der Waals surface area contributed by atoms with Crippen LogP contribution in [0.2, 0.25) is 0 Å². The predicted octanol–water partition coefficient (Wildman–Crippen LogP) is 1.30. The molecule has 0 aliphatic carbocycles. The second kappa shape index (κ2) is 5.52. The van der Waals surface area contributed by atoms with Crippen LogP contribution in [0.25, 0.3) is 0 Å². The van der Waals surface area contributed by atoms with E-state index in [2.05, 4.69) is 10.5 Å². The van der Waals surface area contributed by atoms with E-state index in [4.69, 9.17) is 9.63 Å².